The fourth-order valence-electron chi connectivity index (χ4n) is 2.99. The summed E-state index contributed by atoms with van der Waals surface area (Å²) in [7, 11) is 0. The van der Waals surface area contributed by atoms with Crippen LogP contribution in [0.25, 0.3) is 31.9 Å². The molecular formula is C21H17N3O2S. The minimum absolute atomic E-state index is 0.227. The van der Waals surface area contributed by atoms with Crippen LogP contribution in [0, 0.1) is 13.8 Å². The summed E-state index contributed by atoms with van der Waals surface area (Å²) in [5, 5.41) is 7.71. The van der Waals surface area contributed by atoms with Crippen molar-refractivity contribution in [1.29, 1.82) is 0 Å². The van der Waals surface area contributed by atoms with E-state index in [1.54, 1.807) is 11.3 Å². The zero-order valence-corrected chi connectivity index (χ0v) is 15.8. The second-order valence-corrected chi connectivity index (χ2v) is 7.20. The molecule has 0 fully saturated rings. The van der Waals surface area contributed by atoms with Gasteiger partial charge in [0.2, 0.25) is 5.91 Å². The van der Waals surface area contributed by atoms with Gasteiger partial charge in [0.05, 0.1) is 15.9 Å². The Balaban J connectivity index is 1.68. The van der Waals surface area contributed by atoms with Gasteiger partial charge in [0, 0.05) is 16.8 Å². The molecule has 6 heteroatoms. The maximum absolute atomic E-state index is 11.4. The molecule has 2 aromatic heterocycles. The van der Waals surface area contributed by atoms with Gasteiger partial charge in [-0.25, -0.2) is 4.98 Å². The van der Waals surface area contributed by atoms with Crippen molar-refractivity contribution in [3.05, 3.63) is 66.6 Å². The van der Waals surface area contributed by atoms with E-state index >= 15 is 0 Å². The lowest BCUT2D eigenvalue weighted by molar-refractivity contribution is -0.111. The summed E-state index contributed by atoms with van der Waals surface area (Å²) in [6.07, 6.45) is 1.25. The molecule has 1 amide bonds. The quantitative estimate of drug-likeness (QED) is 0.488. The third-order valence-corrected chi connectivity index (χ3v) is 5.36. The first-order chi connectivity index (χ1) is 13.0. The maximum Gasteiger partial charge on any atom is 0.247 e. The maximum atomic E-state index is 11.4. The molecule has 0 radical (unpaired) electrons. The summed E-state index contributed by atoms with van der Waals surface area (Å²) in [6.45, 7) is 7.32. The number of anilines is 1. The Hall–Kier alpha value is -3.25. The zero-order chi connectivity index (χ0) is 19.0. The number of nitrogens with one attached hydrogen (secondary N) is 1. The fourth-order valence-corrected chi connectivity index (χ4v) is 4.00. The molecule has 0 aliphatic heterocycles. The number of benzene rings is 2. The molecule has 4 rings (SSSR count). The van der Waals surface area contributed by atoms with Crippen molar-refractivity contribution in [3.8, 4) is 21.7 Å². The number of fused-ring (bicyclic) bond motifs is 1. The topological polar surface area (TPSA) is 68.0 Å². The number of rotatable bonds is 4. The smallest absolute Gasteiger partial charge is 0.247 e. The molecule has 0 aliphatic carbocycles. The number of hydrogen-bond acceptors (Lipinski definition) is 5. The van der Waals surface area contributed by atoms with Gasteiger partial charge >= 0.3 is 0 Å². The molecule has 0 aliphatic rings. The van der Waals surface area contributed by atoms with Gasteiger partial charge in [-0.3, -0.25) is 4.79 Å². The van der Waals surface area contributed by atoms with Crippen LogP contribution in [0.3, 0.4) is 0 Å². The third-order valence-electron chi connectivity index (χ3n) is 4.30. The molecule has 0 saturated carbocycles. The predicted molar refractivity (Wildman–Crippen MR) is 109 cm³/mol. The molecule has 0 bridgehead atoms. The van der Waals surface area contributed by atoms with E-state index in [1.165, 1.54) is 6.08 Å². The fraction of sp³-hybridized carbons (Fsp3) is 0.0952. The standard InChI is InChI=1S/C21H17N3O2S/c1-4-19(25)22-16-8-5-14(6-9-16)21-23-17-10-7-15(11-18(17)27-21)20-12(2)24-26-13(20)3/h4-11H,1H2,2-3H3,(H,22,25). The van der Waals surface area contributed by atoms with E-state index in [9.17, 15) is 4.79 Å². The first-order valence-electron chi connectivity index (χ1n) is 8.43. The Morgan fingerprint density at radius 3 is 2.56 bits per heavy atom. The van der Waals surface area contributed by atoms with Crippen molar-refractivity contribution in [2.45, 2.75) is 13.8 Å². The Labute approximate surface area is 160 Å². The Bertz CT molecular complexity index is 1140. The van der Waals surface area contributed by atoms with Gasteiger partial charge in [0.15, 0.2) is 0 Å². The highest BCUT2D eigenvalue weighted by Gasteiger charge is 2.13. The van der Waals surface area contributed by atoms with Gasteiger partial charge in [-0.1, -0.05) is 17.8 Å². The van der Waals surface area contributed by atoms with E-state index < -0.39 is 0 Å². The lowest BCUT2D eigenvalue weighted by atomic mass is 10.0. The average molecular weight is 375 g/mol. The second kappa shape index (κ2) is 6.81. The van der Waals surface area contributed by atoms with E-state index in [2.05, 4.69) is 23.1 Å². The minimum Gasteiger partial charge on any atom is -0.361 e. The van der Waals surface area contributed by atoms with E-state index in [0.29, 0.717) is 0 Å². The number of aromatic nitrogens is 2. The molecule has 4 aromatic rings. The summed E-state index contributed by atoms with van der Waals surface area (Å²) < 4.78 is 6.39. The van der Waals surface area contributed by atoms with Crippen molar-refractivity contribution in [2.24, 2.45) is 0 Å². The first-order valence-corrected chi connectivity index (χ1v) is 9.24. The zero-order valence-electron chi connectivity index (χ0n) is 14.9. The number of hydrogen-bond donors (Lipinski definition) is 1. The van der Waals surface area contributed by atoms with Crippen molar-refractivity contribution in [3.63, 3.8) is 0 Å². The van der Waals surface area contributed by atoms with Crippen LogP contribution in [0.4, 0.5) is 5.69 Å². The van der Waals surface area contributed by atoms with Crippen molar-refractivity contribution in [1.82, 2.24) is 10.1 Å². The number of aryl methyl sites for hydroxylation is 2. The molecule has 2 aromatic carbocycles. The van der Waals surface area contributed by atoms with Crippen molar-refractivity contribution >= 4 is 33.1 Å². The molecule has 2 heterocycles. The van der Waals surface area contributed by atoms with Crippen LogP contribution in [0.5, 0.6) is 0 Å². The summed E-state index contributed by atoms with van der Waals surface area (Å²) >= 11 is 1.63. The van der Waals surface area contributed by atoms with Gasteiger partial charge in [-0.15, -0.1) is 11.3 Å². The lowest BCUT2D eigenvalue weighted by Gasteiger charge is -2.02. The van der Waals surface area contributed by atoms with Crippen LogP contribution >= 0.6 is 11.3 Å². The number of carbonyl (C=O) groups excluding carboxylic acids is 1. The highest BCUT2D eigenvalue weighted by Crippen LogP contribution is 2.35. The number of nitrogens with zero attached hydrogens (tertiary/aromatic N) is 2. The minimum atomic E-state index is -0.227. The van der Waals surface area contributed by atoms with E-state index in [4.69, 9.17) is 9.51 Å². The normalized spacial score (nSPS) is 10.9. The first kappa shape index (κ1) is 17.2. The molecular weight excluding hydrogens is 358 g/mol. The van der Waals surface area contributed by atoms with Crippen LogP contribution in [0.1, 0.15) is 11.5 Å². The Morgan fingerprint density at radius 2 is 1.89 bits per heavy atom. The largest absolute Gasteiger partial charge is 0.361 e. The molecule has 5 nitrogen and oxygen atoms in total. The molecule has 27 heavy (non-hydrogen) atoms. The molecule has 0 saturated heterocycles. The van der Waals surface area contributed by atoms with Gasteiger partial charge < -0.3 is 9.84 Å². The molecule has 0 atom stereocenters. The second-order valence-electron chi connectivity index (χ2n) is 6.17. The highest BCUT2D eigenvalue weighted by atomic mass is 32.1. The van der Waals surface area contributed by atoms with E-state index in [1.807, 2.05) is 50.2 Å². The van der Waals surface area contributed by atoms with Gasteiger partial charge in [-0.2, -0.15) is 0 Å². The number of thiazole rings is 1. The SMILES string of the molecule is C=CC(=O)Nc1ccc(-c2nc3ccc(-c4c(C)noc4C)cc3s2)cc1. The van der Waals surface area contributed by atoms with Gasteiger partial charge in [0.25, 0.3) is 0 Å². The van der Waals surface area contributed by atoms with Crippen LogP contribution in [0.15, 0.2) is 59.6 Å². The van der Waals surface area contributed by atoms with Gasteiger partial charge in [-0.05, 0) is 61.9 Å². The summed E-state index contributed by atoms with van der Waals surface area (Å²) in [6, 6.07) is 13.8. The van der Waals surface area contributed by atoms with Crippen molar-refractivity contribution < 1.29 is 9.32 Å². The van der Waals surface area contributed by atoms with Crippen LogP contribution in [-0.4, -0.2) is 16.0 Å². The monoisotopic (exact) mass is 375 g/mol. The molecule has 0 unspecified atom stereocenters. The molecule has 1 N–H and O–H groups in total. The highest BCUT2D eigenvalue weighted by molar-refractivity contribution is 7.21. The van der Waals surface area contributed by atoms with Crippen LogP contribution in [0.2, 0.25) is 0 Å². The Kier molecular flexibility index (Phi) is 4.33. The lowest BCUT2D eigenvalue weighted by Crippen LogP contribution is -2.06. The number of carbonyl (C=O) groups is 1. The molecule has 134 valence electrons. The Morgan fingerprint density at radius 1 is 1.15 bits per heavy atom. The summed E-state index contributed by atoms with van der Waals surface area (Å²) in [5.41, 5.74) is 5.69. The summed E-state index contributed by atoms with van der Waals surface area (Å²) in [5.74, 6) is 0.586. The van der Waals surface area contributed by atoms with Crippen LogP contribution in [-0.2, 0) is 4.79 Å². The average Bonchev–Trinajstić information content (AvgIpc) is 3.24. The van der Waals surface area contributed by atoms with Crippen molar-refractivity contribution in [2.75, 3.05) is 5.32 Å². The molecule has 0 spiro atoms. The van der Waals surface area contributed by atoms with Gasteiger partial charge in [0.1, 0.15) is 10.8 Å². The third kappa shape index (κ3) is 3.27. The predicted octanol–water partition coefficient (Wildman–Crippen LogP) is 5.36. The number of amides is 1. The van der Waals surface area contributed by atoms with Crippen LogP contribution < -0.4 is 5.32 Å². The summed E-state index contributed by atoms with van der Waals surface area (Å²) in [4.78, 5) is 16.1. The van der Waals surface area contributed by atoms with E-state index in [-0.39, 0.29) is 5.91 Å². The van der Waals surface area contributed by atoms with E-state index in [0.717, 1.165) is 49.1 Å².